The van der Waals surface area contributed by atoms with Crippen LogP contribution >= 0.6 is 11.3 Å². The maximum Gasteiger partial charge on any atom is 0.301 e. The summed E-state index contributed by atoms with van der Waals surface area (Å²) in [5.74, 6) is -1.04. The highest BCUT2D eigenvalue weighted by atomic mass is 32.1. The number of thiazole rings is 1. The molecular weight excluding hydrogens is 484 g/mol. The van der Waals surface area contributed by atoms with Gasteiger partial charge in [0.25, 0.3) is 5.78 Å². The van der Waals surface area contributed by atoms with E-state index in [0.29, 0.717) is 23.1 Å². The van der Waals surface area contributed by atoms with Crippen LogP contribution in [-0.4, -0.2) is 21.8 Å². The van der Waals surface area contributed by atoms with Crippen molar-refractivity contribution >= 4 is 33.9 Å². The van der Waals surface area contributed by atoms with Gasteiger partial charge in [-0.15, -0.1) is 11.3 Å². The Bertz CT molecular complexity index is 1460. The molecule has 2 heterocycles. The van der Waals surface area contributed by atoms with Gasteiger partial charge in [-0.2, -0.15) is 0 Å². The summed E-state index contributed by atoms with van der Waals surface area (Å²) in [5, 5.41) is 13.5. The van der Waals surface area contributed by atoms with E-state index in [1.54, 1.807) is 35.8 Å². The van der Waals surface area contributed by atoms with Crippen LogP contribution in [-0.2, 0) is 22.6 Å². The Hall–Kier alpha value is -4.23. The molecule has 1 saturated heterocycles. The number of hydrogen-bond donors (Lipinski definition) is 1. The SMILES string of the molecule is CCc1ccc([C@H]2/C(=C(\O)c3ccc(OCc4cccc(C)c4)cc3)C(=O)C(=O)N2c2nccs2)cc1. The summed E-state index contributed by atoms with van der Waals surface area (Å²) in [6, 6.07) is 21.9. The first-order valence-corrected chi connectivity index (χ1v) is 12.9. The Labute approximate surface area is 219 Å². The number of carbonyl (C=O) groups excluding carboxylic acids is 2. The van der Waals surface area contributed by atoms with Crippen LogP contribution in [0, 0.1) is 6.92 Å². The smallest absolute Gasteiger partial charge is 0.301 e. The number of aliphatic hydroxyl groups excluding tert-OH is 1. The van der Waals surface area contributed by atoms with Crippen LogP contribution in [0.2, 0.25) is 0 Å². The minimum atomic E-state index is -0.783. The number of hydrogen-bond acceptors (Lipinski definition) is 6. The zero-order valence-corrected chi connectivity index (χ0v) is 21.4. The number of amides is 1. The fraction of sp³-hybridized carbons (Fsp3) is 0.167. The number of ether oxygens (including phenoxy) is 1. The van der Waals surface area contributed by atoms with Gasteiger partial charge in [-0.25, -0.2) is 4.98 Å². The minimum Gasteiger partial charge on any atom is -0.507 e. The van der Waals surface area contributed by atoms with Gasteiger partial charge in [0, 0.05) is 17.1 Å². The van der Waals surface area contributed by atoms with Gasteiger partial charge in [0.2, 0.25) is 0 Å². The third-order valence-corrected chi connectivity index (χ3v) is 7.16. The van der Waals surface area contributed by atoms with Crippen molar-refractivity contribution in [2.45, 2.75) is 32.9 Å². The van der Waals surface area contributed by atoms with Crippen molar-refractivity contribution in [3.8, 4) is 5.75 Å². The molecule has 1 atom stereocenters. The van der Waals surface area contributed by atoms with Crippen LogP contribution in [0.15, 0.2) is 89.9 Å². The molecule has 0 aliphatic carbocycles. The minimum absolute atomic E-state index is 0.0397. The summed E-state index contributed by atoms with van der Waals surface area (Å²) in [4.78, 5) is 32.0. The standard InChI is InChI=1S/C30H26N2O4S/c1-3-20-7-9-22(10-8-20)26-25(28(34)29(35)32(26)30-31-15-16-37-30)27(33)23-11-13-24(14-12-23)36-18-21-6-4-5-19(2)17-21/h4-17,26,33H,3,18H2,1-2H3/b27-25+/t26-/m0/s1. The highest BCUT2D eigenvalue weighted by Crippen LogP contribution is 2.42. The lowest BCUT2D eigenvalue weighted by atomic mass is 9.94. The summed E-state index contributed by atoms with van der Waals surface area (Å²) < 4.78 is 5.89. The Morgan fingerprint density at radius 1 is 1.03 bits per heavy atom. The van der Waals surface area contributed by atoms with Gasteiger partial charge in [-0.05, 0) is 54.3 Å². The second kappa shape index (κ2) is 10.4. The topological polar surface area (TPSA) is 79.7 Å². The molecule has 0 unspecified atom stereocenters. The Kier molecular flexibility index (Phi) is 6.88. The molecule has 0 bridgehead atoms. The summed E-state index contributed by atoms with van der Waals surface area (Å²) >= 11 is 1.27. The second-order valence-electron chi connectivity index (χ2n) is 8.88. The summed E-state index contributed by atoms with van der Waals surface area (Å²) in [6.45, 7) is 4.51. The van der Waals surface area contributed by atoms with Gasteiger partial charge >= 0.3 is 5.91 Å². The lowest BCUT2D eigenvalue weighted by Gasteiger charge is -2.23. The summed E-state index contributed by atoms with van der Waals surface area (Å²) in [6.07, 6.45) is 2.46. The molecule has 3 aromatic carbocycles. The van der Waals surface area contributed by atoms with Crippen molar-refractivity contribution in [2.75, 3.05) is 4.90 Å². The number of aryl methyl sites for hydroxylation is 2. The number of benzene rings is 3. The Morgan fingerprint density at radius 3 is 2.43 bits per heavy atom. The van der Waals surface area contributed by atoms with E-state index in [1.807, 2.05) is 49.4 Å². The van der Waals surface area contributed by atoms with E-state index in [1.165, 1.54) is 16.2 Å². The van der Waals surface area contributed by atoms with Gasteiger partial charge in [0.05, 0.1) is 11.6 Å². The number of carbonyl (C=O) groups is 2. The Balaban J connectivity index is 1.49. The monoisotopic (exact) mass is 510 g/mol. The van der Waals surface area contributed by atoms with Gasteiger partial charge in [0.1, 0.15) is 18.1 Å². The van der Waals surface area contributed by atoms with Crippen molar-refractivity contribution in [1.82, 2.24) is 4.98 Å². The van der Waals surface area contributed by atoms with E-state index < -0.39 is 17.7 Å². The maximum atomic E-state index is 13.2. The number of aromatic nitrogens is 1. The van der Waals surface area contributed by atoms with Gasteiger partial charge in [0.15, 0.2) is 5.13 Å². The zero-order chi connectivity index (χ0) is 25.9. The third-order valence-electron chi connectivity index (χ3n) is 6.39. The van der Waals surface area contributed by atoms with Crippen LogP contribution in [0.3, 0.4) is 0 Å². The second-order valence-corrected chi connectivity index (χ2v) is 9.75. The van der Waals surface area contributed by atoms with Crippen molar-refractivity contribution in [3.63, 3.8) is 0 Å². The molecule has 1 aromatic heterocycles. The van der Waals surface area contributed by atoms with E-state index in [0.717, 1.165) is 28.7 Å². The van der Waals surface area contributed by atoms with E-state index in [2.05, 4.69) is 18.0 Å². The number of Topliss-reactive ketones (excluding diaryl/α,β-unsaturated/α-hetero) is 1. The van der Waals surface area contributed by atoms with Gasteiger partial charge in [-0.3, -0.25) is 14.5 Å². The van der Waals surface area contributed by atoms with Crippen molar-refractivity contribution in [3.05, 3.63) is 118 Å². The number of ketones is 1. The molecule has 6 nitrogen and oxygen atoms in total. The molecule has 1 aliphatic rings. The first kappa shape index (κ1) is 24.5. The highest BCUT2D eigenvalue weighted by Gasteiger charge is 2.47. The van der Waals surface area contributed by atoms with E-state index in [9.17, 15) is 14.7 Å². The van der Waals surface area contributed by atoms with E-state index in [4.69, 9.17) is 4.74 Å². The molecule has 1 N–H and O–H groups in total. The first-order valence-electron chi connectivity index (χ1n) is 12.0. The van der Waals surface area contributed by atoms with Crippen LogP contribution in [0.25, 0.3) is 5.76 Å². The van der Waals surface area contributed by atoms with Crippen LogP contribution in [0.4, 0.5) is 5.13 Å². The van der Waals surface area contributed by atoms with Gasteiger partial charge in [-0.1, -0.05) is 61.0 Å². The molecule has 186 valence electrons. The molecule has 0 radical (unpaired) electrons. The van der Waals surface area contributed by atoms with Crippen LogP contribution < -0.4 is 9.64 Å². The predicted octanol–water partition coefficient (Wildman–Crippen LogP) is 6.22. The average molecular weight is 511 g/mol. The zero-order valence-electron chi connectivity index (χ0n) is 20.5. The molecule has 1 amide bonds. The van der Waals surface area contributed by atoms with Gasteiger partial charge < -0.3 is 9.84 Å². The Morgan fingerprint density at radius 2 is 1.78 bits per heavy atom. The lowest BCUT2D eigenvalue weighted by Crippen LogP contribution is -2.29. The maximum absolute atomic E-state index is 13.2. The fourth-order valence-electron chi connectivity index (χ4n) is 4.45. The third kappa shape index (κ3) is 4.90. The summed E-state index contributed by atoms with van der Waals surface area (Å²) in [7, 11) is 0. The van der Waals surface area contributed by atoms with E-state index >= 15 is 0 Å². The molecule has 0 saturated carbocycles. The molecule has 37 heavy (non-hydrogen) atoms. The van der Waals surface area contributed by atoms with Crippen molar-refractivity contribution in [1.29, 1.82) is 0 Å². The number of anilines is 1. The molecule has 1 aliphatic heterocycles. The van der Waals surface area contributed by atoms with Crippen LogP contribution in [0.5, 0.6) is 5.75 Å². The molecule has 4 aromatic rings. The molecule has 7 heteroatoms. The largest absolute Gasteiger partial charge is 0.507 e. The summed E-state index contributed by atoms with van der Waals surface area (Å²) in [5.41, 5.74) is 4.55. The van der Waals surface area contributed by atoms with E-state index in [-0.39, 0.29) is 11.3 Å². The van der Waals surface area contributed by atoms with Crippen molar-refractivity contribution in [2.24, 2.45) is 0 Å². The lowest BCUT2D eigenvalue weighted by molar-refractivity contribution is -0.132. The number of rotatable bonds is 7. The average Bonchev–Trinajstić information content (AvgIpc) is 3.54. The molecule has 0 spiro atoms. The quantitative estimate of drug-likeness (QED) is 0.181. The predicted molar refractivity (Wildman–Crippen MR) is 145 cm³/mol. The molecular formula is C30H26N2O4S. The number of nitrogens with zero attached hydrogens (tertiary/aromatic N) is 2. The normalized spacial score (nSPS) is 16.8. The molecule has 1 fully saturated rings. The number of aliphatic hydroxyl groups is 1. The fourth-order valence-corrected chi connectivity index (χ4v) is 5.12. The first-order chi connectivity index (χ1) is 18.0. The van der Waals surface area contributed by atoms with Crippen molar-refractivity contribution < 1.29 is 19.4 Å². The van der Waals surface area contributed by atoms with Crippen LogP contribution in [0.1, 0.15) is 40.8 Å². The highest BCUT2D eigenvalue weighted by molar-refractivity contribution is 7.14. The molecule has 5 rings (SSSR count).